The van der Waals surface area contributed by atoms with Gasteiger partial charge in [-0.2, -0.15) is 0 Å². The lowest BCUT2D eigenvalue weighted by molar-refractivity contribution is -0.152. The van der Waals surface area contributed by atoms with Crippen molar-refractivity contribution in [3.8, 4) is 0 Å². The van der Waals surface area contributed by atoms with Crippen LogP contribution in [0.1, 0.15) is 149 Å². The molecule has 0 heterocycles. The third-order valence-electron chi connectivity index (χ3n) is 7.32. The van der Waals surface area contributed by atoms with Crippen molar-refractivity contribution in [2.75, 3.05) is 13.2 Å². The minimum atomic E-state index is -0.995. The fourth-order valence-corrected chi connectivity index (χ4v) is 4.57. The first kappa shape index (κ1) is 41.8. The fourth-order valence-electron chi connectivity index (χ4n) is 4.57. The number of ether oxygens (including phenoxy) is 2. The summed E-state index contributed by atoms with van der Waals surface area (Å²) in [5.41, 5.74) is 0. The Bertz CT molecular complexity index is 782. The summed E-state index contributed by atoms with van der Waals surface area (Å²) in [6.07, 6.45) is 35.0. The molecule has 0 fully saturated rings. The topological polar surface area (TPSA) is 93.1 Å². The van der Waals surface area contributed by atoms with E-state index in [2.05, 4.69) is 57.2 Å². The van der Waals surface area contributed by atoms with Gasteiger partial charge in [-0.1, -0.05) is 140 Å². The van der Waals surface area contributed by atoms with E-state index in [0.29, 0.717) is 19.3 Å². The second-order valence-corrected chi connectivity index (χ2v) is 12.3. The van der Waals surface area contributed by atoms with Gasteiger partial charge in [0.1, 0.15) is 19.3 Å². The number of hydrogen-bond acceptors (Lipinski definition) is 6. The maximum atomic E-state index is 11.9. The monoisotopic (exact) mass is 618 g/mol. The van der Waals surface area contributed by atoms with Crippen LogP contribution in [0.4, 0.5) is 0 Å². The molecular formula is C38H66O6. The summed E-state index contributed by atoms with van der Waals surface area (Å²) in [6.45, 7) is 6.39. The van der Waals surface area contributed by atoms with Crippen molar-refractivity contribution in [3.05, 3.63) is 48.6 Å². The van der Waals surface area contributed by atoms with Gasteiger partial charge in [0.2, 0.25) is 0 Å². The van der Waals surface area contributed by atoms with Crippen molar-refractivity contribution >= 4 is 11.9 Å². The normalized spacial score (nSPS) is 13.6. The van der Waals surface area contributed by atoms with E-state index >= 15 is 0 Å². The number of esters is 2. The first-order valence-corrected chi connectivity index (χ1v) is 17.6. The Balaban J connectivity index is 3.61. The molecule has 254 valence electrons. The van der Waals surface area contributed by atoms with Gasteiger partial charge in [-0.05, 0) is 50.9 Å². The molecule has 0 spiro atoms. The third-order valence-corrected chi connectivity index (χ3v) is 7.32. The highest BCUT2D eigenvalue weighted by Crippen LogP contribution is 2.13. The number of carbonyl (C=O) groups excluding carboxylic acids is 2. The zero-order chi connectivity index (χ0) is 32.5. The Morgan fingerprint density at radius 3 is 1.61 bits per heavy atom. The zero-order valence-corrected chi connectivity index (χ0v) is 28.4. The summed E-state index contributed by atoms with van der Waals surface area (Å²) in [5.74, 6) is 0.156. The van der Waals surface area contributed by atoms with Crippen LogP contribution in [0, 0.1) is 5.92 Å². The largest absolute Gasteiger partial charge is 0.463 e. The number of hydrogen-bond donors (Lipinski definition) is 2. The van der Waals surface area contributed by atoms with Crippen LogP contribution >= 0.6 is 0 Å². The number of aliphatic hydroxyl groups excluding tert-OH is 2. The van der Waals surface area contributed by atoms with Crippen molar-refractivity contribution in [2.45, 2.75) is 161 Å². The summed E-state index contributed by atoms with van der Waals surface area (Å²) >= 11 is 0. The van der Waals surface area contributed by atoms with Crippen molar-refractivity contribution < 1.29 is 29.3 Å². The van der Waals surface area contributed by atoms with E-state index in [-0.39, 0.29) is 31.3 Å². The van der Waals surface area contributed by atoms with Gasteiger partial charge in [-0.25, -0.2) is 0 Å². The molecule has 0 bridgehead atoms. The Kier molecular flexibility index (Phi) is 30.6. The van der Waals surface area contributed by atoms with Gasteiger partial charge >= 0.3 is 11.9 Å². The summed E-state index contributed by atoms with van der Waals surface area (Å²) < 4.78 is 10.2. The fraction of sp³-hybridized carbons (Fsp3) is 0.737. The van der Waals surface area contributed by atoms with Crippen LogP contribution in [-0.2, 0) is 19.1 Å². The SMILES string of the molecule is CCCC[C@H](O)/C=C\C/C=C\C/C=C\C/C=C\CCCC(=O)OC[C@H](O)COC(=O)CCCCCCCCCCCC(C)C. The van der Waals surface area contributed by atoms with Gasteiger partial charge in [0.25, 0.3) is 0 Å². The molecule has 0 rings (SSSR count). The van der Waals surface area contributed by atoms with E-state index in [1.165, 1.54) is 44.9 Å². The molecule has 6 heteroatoms. The molecule has 0 aliphatic rings. The molecule has 0 amide bonds. The first-order chi connectivity index (χ1) is 21.3. The van der Waals surface area contributed by atoms with Gasteiger partial charge in [-0.3, -0.25) is 9.59 Å². The quantitative estimate of drug-likeness (QED) is 0.0473. The molecule has 0 aliphatic heterocycles. The van der Waals surface area contributed by atoms with Crippen molar-refractivity contribution in [1.29, 1.82) is 0 Å². The summed E-state index contributed by atoms with van der Waals surface area (Å²) in [4.78, 5) is 23.8. The lowest BCUT2D eigenvalue weighted by Gasteiger charge is -2.12. The van der Waals surface area contributed by atoms with Crippen LogP contribution < -0.4 is 0 Å². The molecular weight excluding hydrogens is 552 g/mol. The van der Waals surface area contributed by atoms with Gasteiger partial charge in [0, 0.05) is 12.8 Å². The van der Waals surface area contributed by atoms with Crippen molar-refractivity contribution in [2.24, 2.45) is 5.92 Å². The summed E-state index contributed by atoms with van der Waals surface area (Å²) in [6, 6.07) is 0. The Labute approximate surface area is 270 Å². The second-order valence-electron chi connectivity index (χ2n) is 12.3. The zero-order valence-electron chi connectivity index (χ0n) is 28.4. The minimum Gasteiger partial charge on any atom is -0.463 e. The van der Waals surface area contributed by atoms with E-state index in [4.69, 9.17) is 9.47 Å². The van der Waals surface area contributed by atoms with Gasteiger partial charge < -0.3 is 19.7 Å². The molecule has 0 aromatic carbocycles. The van der Waals surface area contributed by atoms with Crippen LogP contribution in [-0.4, -0.2) is 47.6 Å². The molecule has 44 heavy (non-hydrogen) atoms. The molecule has 2 atom stereocenters. The summed E-state index contributed by atoms with van der Waals surface area (Å²) in [5, 5.41) is 19.7. The summed E-state index contributed by atoms with van der Waals surface area (Å²) in [7, 11) is 0. The predicted octanol–water partition coefficient (Wildman–Crippen LogP) is 9.50. The maximum Gasteiger partial charge on any atom is 0.305 e. The van der Waals surface area contributed by atoms with E-state index in [1.54, 1.807) is 0 Å². The number of aliphatic hydroxyl groups is 2. The highest BCUT2D eigenvalue weighted by Gasteiger charge is 2.12. The number of allylic oxidation sites excluding steroid dienone is 7. The van der Waals surface area contributed by atoms with E-state index in [9.17, 15) is 19.8 Å². The average Bonchev–Trinajstić information content (AvgIpc) is 3.00. The molecule has 0 unspecified atom stereocenters. The maximum absolute atomic E-state index is 11.9. The number of rotatable bonds is 30. The Hall–Kier alpha value is -2.18. The molecule has 2 N–H and O–H groups in total. The van der Waals surface area contributed by atoms with E-state index in [0.717, 1.165) is 70.1 Å². The Morgan fingerprint density at radius 2 is 1.07 bits per heavy atom. The number of carbonyl (C=O) groups is 2. The van der Waals surface area contributed by atoms with E-state index in [1.807, 2.05) is 12.2 Å². The smallest absolute Gasteiger partial charge is 0.305 e. The molecule has 6 nitrogen and oxygen atoms in total. The van der Waals surface area contributed by atoms with Crippen LogP contribution in [0.25, 0.3) is 0 Å². The molecule has 0 radical (unpaired) electrons. The lowest BCUT2D eigenvalue weighted by atomic mass is 10.0. The third kappa shape index (κ3) is 32.7. The van der Waals surface area contributed by atoms with Crippen LogP contribution in [0.5, 0.6) is 0 Å². The average molecular weight is 619 g/mol. The molecule has 0 saturated carbocycles. The van der Waals surface area contributed by atoms with Gasteiger partial charge in [0.15, 0.2) is 0 Å². The van der Waals surface area contributed by atoms with Crippen LogP contribution in [0.3, 0.4) is 0 Å². The second kappa shape index (κ2) is 32.2. The van der Waals surface area contributed by atoms with Gasteiger partial charge in [0.05, 0.1) is 6.10 Å². The highest BCUT2D eigenvalue weighted by atomic mass is 16.6. The molecule has 0 aromatic rings. The predicted molar refractivity (Wildman–Crippen MR) is 183 cm³/mol. The standard InChI is InChI=1S/C38H66O6/c1-4-5-28-35(39)29-24-20-16-12-8-6-7-9-13-17-21-25-30-37(41)43-32-36(40)33-44-38(42)31-26-22-18-14-10-11-15-19-23-27-34(2)3/h6-7,12-13,16-17,24,29,34-36,39-40H,4-5,8-11,14-15,18-23,25-28,30-33H2,1-3H3/b7-6-,16-12-,17-13-,29-24-/t35-,36-/m0/s1. The highest BCUT2D eigenvalue weighted by molar-refractivity contribution is 5.69. The van der Waals surface area contributed by atoms with Crippen LogP contribution in [0.15, 0.2) is 48.6 Å². The van der Waals surface area contributed by atoms with Crippen molar-refractivity contribution in [1.82, 2.24) is 0 Å². The minimum absolute atomic E-state index is 0.144. The lowest BCUT2D eigenvalue weighted by Crippen LogP contribution is -2.25. The first-order valence-electron chi connectivity index (χ1n) is 17.6. The van der Waals surface area contributed by atoms with E-state index < -0.39 is 6.10 Å². The van der Waals surface area contributed by atoms with Crippen LogP contribution in [0.2, 0.25) is 0 Å². The Morgan fingerprint density at radius 1 is 0.591 bits per heavy atom. The molecule has 0 aliphatic carbocycles. The van der Waals surface area contributed by atoms with Crippen molar-refractivity contribution in [3.63, 3.8) is 0 Å². The number of unbranched alkanes of at least 4 members (excludes halogenated alkanes) is 10. The van der Waals surface area contributed by atoms with Gasteiger partial charge in [-0.15, -0.1) is 0 Å². The molecule has 0 aromatic heterocycles. The molecule has 0 saturated heterocycles.